The molecule has 102 valence electrons. The van der Waals surface area contributed by atoms with Gasteiger partial charge in [0.2, 0.25) is 5.91 Å². The van der Waals surface area contributed by atoms with Gasteiger partial charge in [0.25, 0.3) is 0 Å². The normalized spacial score (nSPS) is 10.9. The number of aliphatic hydroxyl groups excluding tert-OH is 1. The van der Waals surface area contributed by atoms with Crippen molar-refractivity contribution in [1.82, 2.24) is 20.4 Å². The minimum Gasteiger partial charge on any atom is -0.394 e. The van der Waals surface area contributed by atoms with Gasteiger partial charge in [-0.1, -0.05) is 0 Å². The number of aromatic nitrogens is 2. The van der Waals surface area contributed by atoms with Gasteiger partial charge >= 0.3 is 0 Å². The Morgan fingerprint density at radius 1 is 1.56 bits per heavy atom. The van der Waals surface area contributed by atoms with Crippen LogP contribution in [-0.2, 0) is 17.9 Å². The first kappa shape index (κ1) is 14.7. The standard InChI is InChI=1S/C12H22N4O2/c1-10(2)15-12(18)3-4-13-7-11-8-14-16(9-11)5-6-17/h8-10,13,17H,3-7H2,1-2H3,(H,15,18). The van der Waals surface area contributed by atoms with Gasteiger partial charge in [0.05, 0.1) is 19.3 Å². The molecule has 0 aliphatic carbocycles. The zero-order chi connectivity index (χ0) is 13.4. The average molecular weight is 254 g/mol. The summed E-state index contributed by atoms with van der Waals surface area (Å²) in [6, 6.07) is 0.189. The lowest BCUT2D eigenvalue weighted by Gasteiger charge is -2.08. The van der Waals surface area contributed by atoms with Crippen LogP contribution < -0.4 is 10.6 Å². The molecule has 0 saturated heterocycles. The molecule has 1 aromatic rings. The highest BCUT2D eigenvalue weighted by molar-refractivity contribution is 5.76. The minimum absolute atomic E-state index is 0.0634. The van der Waals surface area contributed by atoms with Gasteiger partial charge in [-0.05, 0) is 13.8 Å². The quantitative estimate of drug-likeness (QED) is 0.565. The lowest BCUT2D eigenvalue weighted by molar-refractivity contribution is -0.121. The number of carbonyl (C=O) groups excluding carboxylic acids is 1. The number of hydrogen-bond donors (Lipinski definition) is 3. The molecule has 0 radical (unpaired) electrons. The molecule has 1 rings (SSSR count). The van der Waals surface area contributed by atoms with Crippen molar-refractivity contribution in [2.24, 2.45) is 0 Å². The van der Waals surface area contributed by atoms with E-state index in [9.17, 15) is 4.79 Å². The summed E-state index contributed by atoms with van der Waals surface area (Å²) in [6.45, 7) is 5.81. The minimum atomic E-state index is 0.0634. The van der Waals surface area contributed by atoms with E-state index < -0.39 is 0 Å². The lowest BCUT2D eigenvalue weighted by atomic mass is 10.3. The average Bonchev–Trinajstić information content (AvgIpc) is 2.72. The maximum atomic E-state index is 11.4. The van der Waals surface area contributed by atoms with E-state index in [1.165, 1.54) is 0 Å². The molecule has 0 saturated carbocycles. The summed E-state index contributed by atoms with van der Waals surface area (Å²) >= 11 is 0. The molecule has 0 spiro atoms. The second-order valence-electron chi connectivity index (χ2n) is 4.48. The van der Waals surface area contributed by atoms with E-state index in [-0.39, 0.29) is 18.6 Å². The van der Waals surface area contributed by atoms with Crippen LogP contribution in [0.4, 0.5) is 0 Å². The van der Waals surface area contributed by atoms with Crippen molar-refractivity contribution in [3.05, 3.63) is 18.0 Å². The first-order valence-corrected chi connectivity index (χ1v) is 6.24. The topological polar surface area (TPSA) is 79.2 Å². The van der Waals surface area contributed by atoms with Gasteiger partial charge in [0.15, 0.2) is 0 Å². The van der Waals surface area contributed by atoms with Crippen LogP contribution in [0.2, 0.25) is 0 Å². The second kappa shape index (κ2) is 7.84. The molecule has 6 nitrogen and oxygen atoms in total. The fourth-order valence-electron chi connectivity index (χ4n) is 1.55. The van der Waals surface area contributed by atoms with Crippen molar-refractivity contribution in [2.45, 2.75) is 39.4 Å². The molecule has 3 N–H and O–H groups in total. The van der Waals surface area contributed by atoms with Crippen LogP contribution in [0.5, 0.6) is 0 Å². The maximum absolute atomic E-state index is 11.4. The number of aliphatic hydroxyl groups is 1. The molecule has 0 aliphatic heterocycles. The van der Waals surface area contributed by atoms with E-state index in [2.05, 4.69) is 15.7 Å². The highest BCUT2D eigenvalue weighted by Crippen LogP contribution is 1.96. The van der Waals surface area contributed by atoms with Gasteiger partial charge in [-0.3, -0.25) is 9.48 Å². The molecule has 1 heterocycles. The molecule has 0 atom stereocenters. The molecule has 1 aromatic heterocycles. The van der Waals surface area contributed by atoms with Gasteiger partial charge in [-0.15, -0.1) is 0 Å². The lowest BCUT2D eigenvalue weighted by Crippen LogP contribution is -2.32. The number of nitrogens with zero attached hydrogens (tertiary/aromatic N) is 2. The predicted molar refractivity (Wildman–Crippen MR) is 68.9 cm³/mol. The van der Waals surface area contributed by atoms with Crippen molar-refractivity contribution in [3.8, 4) is 0 Å². The van der Waals surface area contributed by atoms with E-state index in [4.69, 9.17) is 5.11 Å². The molecule has 0 aromatic carbocycles. The molecule has 0 aliphatic rings. The summed E-state index contributed by atoms with van der Waals surface area (Å²) in [6.07, 6.45) is 4.12. The van der Waals surface area contributed by atoms with Crippen LogP contribution in [0, 0.1) is 0 Å². The van der Waals surface area contributed by atoms with Crippen molar-refractivity contribution in [3.63, 3.8) is 0 Å². The van der Waals surface area contributed by atoms with E-state index in [0.717, 1.165) is 5.56 Å². The largest absolute Gasteiger partial charge is 0.394 e. The Kier molecular flexibility index (Phi) is 6.38. The SMILES string of the molecule is CC(C)NC(=O)CCNCc1cnn(CCO)c1. The van der Waals surface area contributed by atoms with Gasteiger partial charge in [-0.2, -0.15) is 5.10 Å². The number of amides is 1. The molecule has 0 unspecified atom stereocenters. The van der Waals surface area contributed by atoms with E-state index >= 15 is 0 Å². The Bertz CT molecular complexity index is 363. The van der Waals surface area contributed by atoms with Crippen molar-refractivity contribution in [1.29, 1.82) is 0 Å². The third-order valence-corrected chi connectivity index (χ3v) is 2.32. The summed E-state index contributed by atoms with van der Waals surface area (Å²) < 4.78 is 1.70. The van der Waals surface area contributed by atoms with Gasteiger partial charge in [-0.25, -0.2) is 0 Å². The Morgan fingerprint density at radius 3 is 3.00 bits per heavy atom. The van der Waals surface area contributed by atoms with E-state index in [1.54, 1.807) is 10.9 Å². The number of carbonyl (C=O) groups is 1. The van der Waals surface area contributed by atoms with Crippen molar-refractivity contribution >= 4 is 5.91 Å². The van der Waals surface area contributed by atoms with Crippen LogP contribution in [-0.4, -0.2) is 40.0 Å². The van der Waals surface area contributed by atoms with Gasteiger partial charge in [0.1, 0.15) is 0 Å². The summed E-state index contributed by atoms with van der Waals surface area (Å²) in [5, 5.41) is 18.9. The molecule has 0 bridgehead atoms. The molecule has 0 fully saturated rings. The molecule has 6 heteroatoms. The summed E-state index contributed by atoms with van der Waals surface area (Å²) in [4.78, 5) is 11.4. The maximum Gasteiger partial charge on any atom is 0.221 e. The van der Waals surface area contributed by atoms with E-state index in [1.807, 2.05) is 20.0 Å². The predicted octanol–water partition coefficient (Wildman–Crippen LogP) is -0.120. The van der Waals surface area contributed by atoms with Crippen LogP contribution >= 0.6 is 0 Å². The first-order valence-electron chi connectivity index (χ1n) is 6.24. The van der Waals surface area contributed by atoms with E-state index in [0.29, 0.717) is 26.1 Å². The molecular formula is C12H22N4O2. The van der Waals surface area contributed by atoms with Gasteiger partial charge < -0.3 is 15.7 Å². The zero-order valence-corrected chi connectivity index (χ0v) is 11.0. The van der Waals surface area contributed by atoms with Crippen LogP contribution in [0.1, 0.15) is 25.8 Å². The third kappa shape index (κ3) is 5.79. The highest BCUT2D eigenvalue weighted by atomic mass is 16.3. The summed E-state index contributed by atoms with van der Waals surface area (Å²) in [5.74, 6) is 0.0634. The third-order valence-electron chi connectivity index (χ3n) is 2.32. The first-order chi connectivity index (χ1) is 8.61. The molecular weight excluding hydrogens is 232 g/mol. The van der Waals surface area contributed by atoms with Crippen molar-refractivity contribution in [2.75, 3.05) is 13.2 Å². The summed E-state index contributed by atoms with van der Waals surface area (Å²) in [7, 11) is 0. The highest BCUT2D eigenvalue weighted by Gasteiger charge is 2.03. The Morgan fingerprint density at radius 2 is 2.33 bits per heavy atom. The zero-order valence-electron chi connectivity index (χ0n) is 11.0. The monoisotopic (exact) mass is 254 g/mol. The van der Waals surface area contributed by atoms with Crippen molar-refractivity contribution < 1.29 is 9.90 Å². The Labute approximate surface area is 107 Å². The number of hydrogen-bond acceptors (Lipinski definition) is 4. The molecule has 1 amide bonds. The fraction of sp³-hybridized carbons (Fsp3) is 0.667. The fourth-order valence-corrected chi connectivity index (χ4v) is 1.55. The molecule has 18 heavy (non-hydrogen) atoms. The van der Waals surface area contributed by atoms with Crippen LogP contribution in [0.3, 0.4) is 0 Å². The Hall–Kier alpha value is -1.40. The second-order valence-corrected chi connectivity index (χ2v) is 4.48. The van der Waals surface area contributed by atoms with Crippen LogP contribution in [0.15, 0.2) is 12.4 Å². The van der Waals surface area contributed by atoms with Gasteiger partial charge in [0, 0.05) is 37.3 Å². The number of nitrogens with one attached hydrogen (secondary N) is 2. The van der Waals surface area contributed by atoms with Crippen LogP contribution in [0.25, 0.3) is 0 Å². The number of rotatable bonds is 8. The Balaban J connectivity index is 2.15. The summed E-state index contributed by atoms with van der Waals surface area (Å²) in [5.41, 5.74) is 1.05. The smallest absolute Gasteiger partial charge is 0.221 e.